The van der Waals surface area contributed by atoms with Crippen molar-refractivity contribution in [2.75, 3.05) is 7.05 Å². The molecule has 0 N–H and O–H groups in total. The van der Waals surface area contributed by atoms with Gasteiger partial charge in [-0.2, -0.15) is 10.2 Å². The molecule has 0 atom stereocenters. The van der Waals surface area contributed by atoms with Crippen LogP contribution >= 0.6 is 0 Å². The van der Waals surface area contributed by atoms with Crippen LogP contribution in [0, 0.1) is 20.8 Å². The highest BCUT2D eigenvalue weighted by atomic mass is 16.2. The van der Waals surface area contributed by atoms with Crippen molar-refractivity contribution >= 4 is 11.6 Å². The number of aryl methyl sites for hydroxylation is 3. The van der Waals surface area contributed by atoms with Crippen molar-refractivity contribution in [2.24, 2.45) is 0 Å². The number of benzene rings is 1. The molecule has 154 valence electrons. The van der Waals surface area contributed by atoms with E-state index >= 15 is 0 Å². The Morgan fingerprint density at radius 2 is 1.83 bits per heavy atom. The number of rotatable bonds is 5. The van der Waals surface area contributed by atoms with E-state index in [0.717, 1.165) is 34.8 Å². The van der Waals surface area contributed by atoms with Gasteiger partial charge in [-0.1, -0.05) is 29.8 Å². The highest BCUT2D eigenvalue weighted by Gasteiger charge is 2.22. The van der Waals surface area contributed by atoms with Crippen LogP contribution in [0.1, 0.15) is 39.8 Å². The molecule has 1 amide bonds. The number of nitrogens with zero attached hydrogens (tertiary/aromatic N) is 6. The predicted octanol–water partition coefficient (Wildman–Crippen LogP) is 3.81. The van der Waals surface area contributed by atoms with E-state index in [4.69, 9.17) is 0 Å². The molecule has 3 aromatic heterocycles. The minimum absolute atomic E-state index is 0.110. The minimum atomic E-state index is -0.110. The summed E-state index contributed by atoms with van der Waals surface area (Å²) in [5.74, 6) is -0.110. The Kier molecular flexibility index (Phi) is 5.11. The third kappa shape index (κ3) is 3.36. The standard InChI is InChI=1S/C23H26N6O/c1-6-28-17(4)20(16(3)26-28)14-27(5)23(30)19-13-25-29-21(11-12-24-22(19)29)18-9-7-15(2)8-10-18/h7-13H,6,14H2,1-5H3. The van der Waals surface area contributed by atoms with Gasteiger partial charge < -0.3 is 4.90 Å². The SMILES string of the molecule is CCn1nc(C)c(CN(C)C(=O)c2cnn3c(-c4ccc(C)cc4)ccnc23)c1C. The summed E-state index contributed by atoms with van der Waals surface area (Å²) in [6, 6.07) is 10.1. The average Bonchev–Trinajstić information content (AvgIpc) is 3.30. The maximum atomic E-state index is 13.2. The fourth-order valence-corrected chi connectivity index (χ4v) is 3.77. The van der Waals surface area contributed by atoms with E-state index in [9.17, 15) is 4.79 Å². The molecule has 7 heteroatoms. The van der Waals surface area contributed by atoms with Gasteiger partial charge in [0, 0.05) is 43.2 Å². The minimum Gasteiger partial charge on any atom is -0.337 e. The Hall–Kier alpha value is -3.48. The molecular formula is C23H26N6O. The zero-order valence-electron chi connectivity index (χ0n) is 18.0. The van der Waals surface area contributed by atoms with Gasteiger partial charge in [0.2, 0.25) is 0 Å². The molecule has 4 aromatic rings. The number of amides is 1. The average molecular weight is 403 g/mol. The number of hydrogen-bond acceptors (Lipinski definition) is 4. The molecule has 0 aliphatic heterocycles. The Labute approximate surface area is 176 Å². The summed E-state index contributed by atoms with van der Waals surface area (Å²) < 4.78 is 3.70. The summed E-state index contributed by atoms with van der Waals surface area (Å²) in [6.45, 7) is 9.45. The Balaban J connectivity index is 1.66. The summed E-state index contributed by atoms with van der Waals surface area (Å²) in [7, 11) is 1.80. The van der Waals surface area contributed by atoms with Crippen LogP contribution in [0.15, 0.2) is 42.7 Å². The molecular weight excluding hydrogens is 376 g/mol. The Bertz CT molecular complexity index is 1220. The summed E-state index contributed by atoms with van der Waals surface area (Å²) in [4.78, 5) is 19.4. The van der Waals surface area contributed by atoms with Crippen LogP contribution in [0.4, 0.5) is 0 Å². The lowest BCUT2D eigenvalue weighted by molar-refractivity contribution is 0.0786. The number of aromatic nitrogens is 5. The van der Waals surface area contributed by atoms with Crippen LogP contribution < -0.4 is 0 Å². The zero-order valence-corrected chi connectivity index (χ0v) is 18.0. The third-order valence-corrected chi connectivity index (χ3v) is 5.55. The van der Waals surface area contributed by atoms with Gasteiger partial charge in [-0.05, 0) is 33.8 Å². The monoisotopic (exact) mass is 402 g/mol. The van der Waals surface area contributed by atoms with Crippen molar-refractivity contribution in [3.8, 4) is 11.3 Å². The first-order chi connectivity index (χ1) is 14.4. The van der Waals surface area contributed by atoms with Crippen molar-refractivity contribution in [1.29, 1.82) is 0 Å². The predicted molar refractivity (Wildman–Crippen MR) is 116 cm³/mol. The van der Waals surface area contributed by atoms with E-state index in [1.165, 1.54) is 5.56 Å². The van der Waals surface area contributed by atoms with Crippen LogP contribution in [0.5, 0.6) is 0 Å². The van der Waals surface area contributed by atoms with Gasteiger partial charge in [-0.25, -0.2) is 9.50 Å². The smallest absolute Gasteiger partial charge is 0.259 e. The molecule has 0 spiro atoms. The van der Waals surface area contributed by atoms with Gasteiger partial charge in [0.25, 0.3) is 5.91 Å². The molecule has 3 heterocycles. The third-order valence-electron chi connectivity index (χ3n) is 5.55. The lowest BCUT2D eigenvalue weighted by Gasteiger charge is -2.17. The summed E-state index contributed by atoms with van der Waals surface area (Å²) in [5, 5.41) is 9.03. The summed E-state index contributed by atoms with van der Waals surface area (Å²) >= 11 is 0. The van der Waals surface area contributed by atoms with Crippen LogP contribution in [0.3, 0.4) is 0 Å². The Morgan fingerprint density at radius 1 is 1.10 bits per heavy atom. The fourth-order valence-electron chi connectivity index (χ4n) is 3.77. The molecule has 0 saturated carbocycles. The van der Waals surface area contributed by atoms with E-state index in [1.54, 1.807) is 28.9 Å². The Morgan fingerprint density at radius 3 is 2.50 bits per heavy atom. The molecule has 4 rings (SSSR count). The molecule has 0 unspecified atom stereocenters. The van der Waals surface area contributed by atoms with E-state index in [2.05, 4.69) is 53.3 Å². The number of hydrogen-bond donors (Lipinski definition) is 0. The van der Waals surface area contributed by atoms with E-state index in [-0.39, 0.29) is 5.91 Å². The van der Waals surface area contributed by atoms with Gasteiger partial charge in [-0.15, -0.1) is 0 Å². The van der Waals surface area contributed by atoms with Crippen molar-refractivity contribution < 1.29 is 4.79 Å². The first-order valence-electron chi connectivity index (χ1n) is 10.1. The molecule has 0 bridgehead atoms. The second-order valence-corrected chi connectivity index (χ2v) is 7.62. The normalized spacial score (nSPS) is 11.2. The largest absolute Gasteiger partial charge is 0.337 e. The van der Waals surface area contributed by atoms with Gasteiger partial charge in [0.15, 0.2) is 5.65 Å². The van der Waals surface area contributed by atoms with Gasteiger partial charge in [-0.3, -0.25) is 9.48 Å². The van der Waals surface area contributed by atoms with Gasteiger partial charge >= 0.3 is 0 Å². The van der Waals surface area contributed by atoms with Crippen LogP contribution in [0.25, 0.3) is 16.9 Å². The lowest BCUT2D eigenvalue weighted by Crippen LogP contribution is -2.26. The lowest BCUT2D eigenvalue weighted by atomic mass is 10.1. The topological polar surface area (TPSA) is 68.3 Å². The van der Waals surface area contributed by atoms with Gasteiger partial charge in [0.1, 0.15) is 5.56 Å². The van der Waals surface area contributed by atoms with Crippen molar-refractivity contribution in [2.45, 2.75) is 40.8 Å². The fraction of sp³-hybridized carbons (Fsp3) is 0.304. The molecule has 0 radical (unpaired) electrons. The molecule has 0 aliphatic carbocycles. The molecule has 30 heavy (non-hydrogen) atoms. The molecule has 0 aliphatic rings. The highest BCUT2D eigenvalue weighted by Crippen LogP contribution is 2.23. The summed E-state index contributed by atoms with van der Waals surface area (Å²) in [5.41, 5.74) is 7.30. The number of carbonyl (C=O) groups is 1. The van der Waals surface area contributed by atoms with E-state index < -0.39 is 0 Å². The summed E-state index contributed by atoms with van der Waals surface area (Å²) in [6.07, 6.45) is 3.33. The second kappa shape index (κ2) is 7.74. The second-order valence-electron chi connectivity index (χ2n) is 7.62. The number of carbonyl (C=O) groups excluding carboxylic acids is 1. The van der Waals surface area contributed by atoms with E-state index in [0.29, 0.717) is 17.8 Å². The first-order valence-corrected chi connectivity index (χ1v) is 10.1. The maximum absolute atomic E-state index is 13.2. The molecule has 1 aromatic carbocycles. The van der Waals surface area contributed by atoms with Crippen molar-refractivity contribution in [3.63, 3.8) is 0 Å². The van der Waals surface area contributed by atoms with E-state index in [1.807, 2.05) is 24.6 Å². The molecule has 7 nitrogen and oxygen atoms in total. The zero-order chi connectivity index (χ0) is 21.4. The van der Waals surface area contributed by atoms with Crippen LogP contribution in [-0.2, 0) is 13.1 Å². The number of fused-ring (bicyclic) bond motifs is 1. The van der Waals surface area contributed by atoms with Crippen LogP contribution in [0.2, 0.25) is 0 Å². The van der Waals surface area contributed by atoms with Crippen LogP contribution in [-0.4, -0.2) is 42.2 Å². The van der Waals surface area contributed by atoms with Crippen molar-refractivity contribution in [1.82, 2.24) is 29.3 Å². The molecule has 0 fully saturated rings. The maximum Gasteiger partial charge on any atom is 0.259 e. The van der Waals surface area contributed by atoms with Crippen molar-refractivity contribution in [3.05, 3.63) is 70.8 Å². The van der Waals surface area contributed by atoms with Gasteiger partial charge in [0.05, 0.1) is 17.6 Å². The molecule has 0 saturated heterocycles. The quantitative estimate of drug-likeness (QED) is 0.509. The highest BCUT2D eigenvalue weighted by molar-refractivity contribution is 5.99. The first kappa shape index (κ1) is 19.8.